The van der Waals surface area contributed by atoms with Crippen molar-refractivity contribution in [3.8, 4) is 11.5 Å². The second kappa shape index (κ2) is 9.82. The Balaban J connectivity index is 0.000000364. The summed E-state index contributed by atoms with van der Waals surface area (Å²) in [6.07, 6.45) is 3.62. The first-order chi connectivity index (χ1) is 9.51. The number of pyridine rings is 2. The molecular weight excluding hydrogens is 358 g/mol. The molecule has 0 saturated carbocycles. The summed E-state index contributed by atoms with van der Waals surface area (Å²) in [5.41, 5.74) is 0. The minimum atomic E-state index is -0.0700. The minimum Gasteiger partial charge on any atom is -0.870 e. The summed E-state index contributed by atoms with van der Waals surface area (Å²) in [7, 11) is 0. The second-order valence-corrected chi connectivity index (χ2v) is 4.70. The van der Waals surface area contributed by atoms with Gasteiger partial charge in [-0.15, -0.1) is 0 Å². The summed E-state index contributed by atoms with van der Waals surface area (Å²) in [5, 5.41) is 21.7. The van der Waals surface area contributed by atoms with E-state index in [1.54, 1.807) is 21.3 Å². The molecule has 2 aromatic heterocycles. The second-order valence-electron chi connectivity index (χ2n) is 3.93. The molecule has 108 valence electrons. The van der Waals surface area contributed by atoms with E-state index in [-0.39, 0.29) is 31.0 Å². The average molecular weight is 374 g/mol. The van der Waals surface area contributed by atoms with Crippen molar-refractivity contribution < 1.29 is 29.7 Å². The summed E-state index contributed by atoms with van der Waals surface area (Å²) in [6.45, 7) is 5.42. The summed E-state index contributed by atoms with van der Waals surface area (Å²) < 4.78 is 4.28. The predicted molar refractivity (Wildman–Crippen MR) is 80.8 cm³/mol. The third-order valence-corrected chi connectivity index (χ3v) is 3.52. The Morgan fingerprint density at radius 2 is 1.19 bits per heavy atom. The van der Waals surface area contributed by atoms with Gasteiger partial charge in [-0.1, -0.05) is 48.1 Å². The van der Waals surface area contributed by atoms with E-state index in [0.29, 0.717) is 9.28 Å². The predicted octanol–water partition coefficient (Wildman–Crippen LogP) is 2.62. The number of nitrogens with zero attached hydrogens (tertiary/aromatic N) is 2. The van der Waals surface area contributed by atoms with Gasteiger partial charge in [0.25, 0.3) is 0 Å². The minimum absolute atomic E-state index is 0. The average Bonchev–Trinajstić information content (AvgIpc) is 2.45. The molecule has 0 N–H and O–H groups in total. The molecule has 2 aromatic rings. The number of aryl methyl sites for hydroxylation is 2. The smallest absolute Gasteiger partial charge is 0.870 e. The first kappa shape index (κ1) is 20.0. The van der Waals surface area contributed by atoms with Gasteiger partial charge in [0.1, 0.15) is 0 Å². The van der Waals surface area contributed by atoms with E-state index >= 15 is 0 Å². The van der Waals surface area contributed by atoms with Gasteiger partial charge in [-0.05, 0) is 26.0 Å². The molecule has 0 bridgehead atoms. The van der Waals surface area contributed by atoms with Gasteiger partial charge in [-0.2, -0.15) is 0 Å². The molecule has 0 amide bonds. The van der Waals surface area contributed by atoms with E-state index < -0.39 is 0 Å². The van der Waals surface area contributed by atoms with Crippen LogP contribution in [0.1, 0.15) is 13.8 Å². The van der Waals surface area contributed by atoms with Crippen molar-refractivity contribution in [1.82, 2.24) is 9.13 Å². The zero-order valence-electron chi connectivity index (χ0n) is 12.1. The van der Waals surface area contributed by atoms with Gasteiger partial charge in [0, 0.05) is 25.5 Å². The monoisotopic (exact) mass is 372 g/mol. The largest absolute Gasteiger partial charge is 2.00 e. The van der Waals surface area contributed by atoms with E-state index in [4.69, 9.17) is 24.4 Å². The van der Waals surface area contributed by atoms with Crippen LogP contribution in [0.2, 0.25) is 0 Å². The Morgan fingerprint density at radius 1 is 0.857 bits per heavy atom. The maximum absolute atomic E-state index is 10.9. The van der Waals surface area contributed by atoms with Crippen LogP contribution in [-0.2, 0) is 32.6 Å². The van der Waals surface area contributed by atoms with Crippen molar-refractivity contribution in [1.29, 1.82) is 0 Å². The third kappa shape index (κ3) is 5.69. The molecule has 7 heteroatoms. The number of hydrogen-bond acceptors (Lipinski definition) is 4. The van der Waals surface area contributed by atoms with Crippen LogP contribution in [0.3, 0.4) is 0 Å². The van der Waals surface area contributed by atoms with Crippen LogP contribution in [0.25, 0.3) is 0 Å². The fourth-order valence-corrected chi connectivity index (χ4v) is 2.04. The summed E-state index contributed by atoms with van der Waals surface area (Å²) in [6, 6.07) is 6.38. The molecule has 0 aliphatic carbocycles. The molecule has 2 heterocycles. The first-order valence-electron chi connectivity index (χ1n) is 6.24. The quantitative estimate of drug-likeness (QED) is 0.600. The molecule has 0 spiro atoms. The third-order valence-electron chi connectivity index (χ3n) is 2.65. The molecule has 0 unspecified atom stereocenters. The molecule has 0 aromatic carbocycles. The van der Waals surface area contributed by atoms with E-state index in [1.165, 1.54) is 12.1 Å². The van der Waals surface area contributed by atoms with Gasteiger partial charge in [0.2, 0.25) is 0 Å². The Bertz CT molecular complexity index is 624. The topological polar surface area (TPSA) is 56.0 Å². The summed E-state index contributed by atoms with van der Waals surface area (Å²) in [5.74, 6) is -0.140. The Labute approximate surface area is 147 Å². The van der Waals surface area contributed by atoms with Gasteiger partial charge in [-0.3, -0.25) is 0 Å². The molecule has 4 nitrogen and oxygen atoms in total. The van der Waals surface area contributed by atoms with Crippen molar-refractivity contribution in [2.24, 2.45) is 0 Å². The fraction of sp³-hybridized carbons (Fsp3) is 0.286. The number of rotatable bonds is 2. The molecule has 0 aliphatic heterocycles. The van der Waals surface area contributed by atoms with Crippen molar-refractivity contribution in [3.05, 3.63) is 45.9 Å². The van der Waals surface area contributed by atoms with Crippen molar-refractivity contribution in [3.63, 3.8) is 0 Å². The molecule has 0 radical (unpaired) electrons. The van der Waals surface area contributed by atoms with Crippen LogP contribution in [0.5, 0.6) is 11.5 Å². The molecule has 21 heavy (non-hydrogen) atoms. The molecule has 0 saturated heterocycles. The Kier molecular flexibility index (Phi) is 9.33. The van der Waals surface area contributed by atoms with Gasteiger partial charge < -0.3 is 19.3 Å². The zero-order chi connectivity index (χ0) is 15.1. The van der Waals surface area contributed by atoms with Crippen LogP contribution in [-0.4, -0.2) is 9.13 Å². The van der Waals surface area contributed by atoms with E-state index in [1.807, 2.05) is 26.2 Å². The van der Waals surface area contributed by atoms with Crippen LogP contribution in [0.4, 0.5) is 0 Å². The SMILES string of the molecule is CCn1cccc([O-])c1=S.CCn1cccc([O-])c1=S.[Zn+2]. The zero-order valence-corrected chi connectivity index (χ0v) is 16.7. The van der Waals surface area contributed by atoms with Crippen molar-refractivity contribution in [2.45, 2.75) is 26.9 Å². The van der Waals surface area contributed by atoms with Crippen molar-refractivity contribution >= 4 is 24.4 Å². The maximum Gasteiger partial charge on any atom is 2.00 e. The van der Waals surface area contributed by atoms with Crippen LogP contribution >= 0.6 is 24.4 Å². The molecular formula is C14H16N2O2S2Zn. The molecule has 0 aliphatic rings. The molecule has 0 fully saturated rings. The first-order valence-corrected chi connectivity index (χ1v) is 7.05. The normalized spacial score (nSPS) is 9.24. The standard InChI is InChI=1S/2C7H9NOS.Zn/c2*1-2-8-5-3-4-6(9)7(8)10;/h2*3-5,9H,2H2,1H3;/q;;+2/p-2. The van der Waals surface area contributed by atoms with E-state index in [9.17, 15) is 10.2 Å². The van der Waals surface area contributed by atoms with Crippen LogP contribution < -0.4 is 10.2 Å². The molecule has 0 atom stereocenters. The van der Waals surface area contributed by atoms with E-state index in [0.717, 1.165) is 13.1 Å². The van der Waals surface area contributed by atoms with Gasteiger partial charge in [-0.25, -0.2) is 0 Å². The Morgan fingerprint density at radius 3 is 1.43 bits per heavy atom. The van der Waals surface area contributed by atoms with Crippen molar-refractivity contribution in [2.75, 3.05) is 0 Å². The van der Waals surface area contributed by atoms with Gasteiger partial charge >= 0.3 is 19.5 Å². The number of aromatic nitrogens is 2. The van der Waals surface area contributed by atoms with Crippen LogP contribution in [0, 0.1) is 9.28 Å². The fourth-order valence-electron chi connectivity index (χ4n) is 1.53. The maximum atomic E-state index is 10.9. The van der Waals surface area contributed by atoms with Gasteiger partial charge in [0.05, 0.1) is 9.28 Å². The number of hydrogen-bond donors (Lipinski definition) is 0. The summed E-state index contributed by atoms with van der Waals surface area (Å²) in [4.78, 5) is 0. The van der Waals surface area contributed by atoms with Crippen LogP contribution in [0.15, 0.2) is 36.7 Å². The van der Waals surface area contributed by atoms with Gasteiger partial charge in [0.15, 0.2) is 0 Å². The molecule has 2 rings (SSSR count). The Hall–Kier alpha value is -1.04. The summed E-state index contributed by atoms with van der Waals surface area (Å²) >= 11 is 9.69. The van der Waals surface area contributed by atoms with E-state index in [2.05, 4.69) is 0 Å².